The molecular formula is C21H28O. The third-order valence-corrected chi connectivity index (χ3v) is 8.15. The van der Waals surface area contributed by atoms with E-state index in [4.69, 9.17) is 4.74 Å². The Morgan fingerprint density at radius 3 is 2.82 bits per heavy atom. The topological polar surface area (TPSA) is 12.5 Å². The van der Waals surface area contributed by atoms with Crippen LogP contribution in [-0.4, -0.2) is 11.2 Å². The standard InChI is InChI=1S/C21H28O/c1-14-4-6-16-8-9-21-18-7-5-15(2)19(18,3)10-11-20(21,22-21)13-17(16)12-14/h4,6,12,15,18H,5,7-11,13H2,1-3H3. The minimum absolute atomic E-state index is 0.195. The predicted molar refractivity (Wildman–Crippen MR) is 89.0 cm³/mol. The molecule has 22 heavy (non-hydrogen) atoms. The van der Waals surface area contributed by atoms with Crippen molar-refractivity contribution in [3.63, 3.8) is 0 Å². The number of epoxide rings is 1. The first kappa shape index (κ1) is 13.6. The second-order valence-corrected chi connectivity index (χ2v) is 8.97. The predicted octanol–water partition coefficient (Wildman–Crippen LogP) is 4.84. The average Bonchev–Trinajstić information content (AvgIpc) is 3.05. The van der Waals surface area contributed by atoms with Gasteiger partial charge in [-0.3, -0.25) is 0 Å². The van der Waals surface area contributed by atoms with E-state index in [1.165, 1.54) is 50.5 Å². The molecule has 5 rings (SSSR count). The van der Waals surface area contributed by atoms with E-state index in [1.807, 2.05) is 0 Å². The highest BCUT2D eigenvalue weighted by Gasteiger charge is 2.78. The second kappa shape index (κ2) is 3.98. The molecule has 1 heteroatoms. The molecule has 2 saturated carbocycles. The molecule has 1 heterocycles. The van der Waals surface area contributed by atoms with Gasteiger partial charge in [0.2, 0.25) is 0 Å². The van der Waals surface area contributed by atoms with Gasteiger partial charge in [0.05, 0.1) is 0 Å². The number of hydrogen-bond donors (Lipinski definition) is 0. The maximum atomic E-state index is 6.72. The molecule has 4 aliphatic rings. The van der Waals surface area contributed by atoms with Crippen LogP contribution in [0.3, 0.4) is 0 Å². The Kier molecular flexibility index (Phi) is 2.46. The molecule has 0 bridgehead atoms. The van der Waals surface area contributed by atoms with Gasteiger partial charge in [0.1, 0.15) is 11.2 Å². The van der Waals surface area contributed by atoms with Crippen molar-refractivity contribution in [3.8, 4) is 0 Å². The van der Waals surface area contributed by atoms with Crippen LogP contribution in [0.25, 0.3) is 0 Å². The summed E-state index contributed by atoms with van der Waals surface area (Å²) in [6, 6.07) is 7.09. The van der Waals surface area contributed by atoms with Gasteiger partial charge in [-0.2, -0.15) is 0 Å². The van der Waals surface area contributed by atoms with Crippen LogP contribution >= 0.6 is 0 Å². The van der Waals surface area contributed by atoms with E-state index in [0.717, 1.165) is 11.8 Å². The zero-order chi connectivity index (χ0) is 15.2. The minimum atomic E-state index is 0.195. The van der Waals surface area contributed by atoms with Gasteiger partial charge in [-0.25, -0.2) is 0 Å². The fourth-order valence-electron chi connectivity index (χ4n) is 6.57. The Bertz CT molecular complexity index is 649. The molecule has 0 spiro atoms. The maximum Gasteiger partial charge on any atom is 0.102 e. The number of benzene rings is 1. The first-order valence-corrected chi connectivity index (χ1v) is 9.28. The van der Waals surface area contributed by atoms with Gasteiger partial charge in [0.25, 0.3) is 0 Å². The summed E-state index contributed by atoms with van der Waals surface area (Å²) in [6.45, 7) is 7.28. The van der Waals surface area contributed by atoms with Crippen LogP contribution in [0.4, 0.5) is 0 Å². The Hall–Kier alpha value is -0.820. The summed E-state index contributed by atoms with van der Waals surface area (Å²) in [4.78, 5) is 0. The van der Waals surface area contributed by atoms with Gasteiger partial charge in [-0.1, -0.05) is 37.6 Å². The Balaban J connectivity index is 1.57. The molecule has 1 aromatic rings. The summed E-state index contributed by atoms with van der Waals surface area (Å²) < 4.78 is 6.72. The maximum absolute atomic E-state index is 6.72. The molecule has 1 aliphatic heterocycles. The normalized spacial score (nSPS) is 48.7. The molecule has 5 unspecified atom stereocenters. The summed E-state index contributed by atoms with van der Waals surface area (Å²) in [5.41, 5.74) is 5.52. The summed E-state index contributed by atoms with van der Waals surface area (Å²) in [5, 5.41) is 0. The molecule has 0 N–H and O–H groups in total. The Morgan fingerprint density at radius 2 is 1.95 bits per heavy atom. The van der Waals surface area contributed by atoms with Crippen molar-refractivity contribution in [1.29, 1.82) is 0 Å². The van der Waals surface area contributed by atoms with Crippen LogP contribution in [0.2, 0.25) is 0 Å². The molecule has 3 aliphatic carbocycles. The molecular weight excluding hydrogens is 268 g/mol. The lowest BCUT2D eigenvalue weighted by Gasteiger charge is -2.44. The Morgan fingerprint density at radius 1 is 1.09 bits per heavy atom. The van der Waals surface area contributed by atoms with Crippen molar-refractivity contribution in [1.82, 2.24) is 0 Å². The molecule has 0 aromatic heterocycles. The van der Waals surface area contributed by atoms with Crippen LogP contribution < -0.4 is 0 Å². The molecule has 5 atom stereocenters. The van der Waals surface area contributed by atoms with E-state index < -0.39 is 0 Å². The van der Waals surface area contributed by atoms with Crippen LogP contribution in [0.1, 0.15) is 62.6 Å². The zero-order valence-corrected chi connectivity index (χ0v) is 14.2. The first-order valence-electron chi connectivity index (χ1n) is 9.28. The van der Waals surface area contributed by atoms with Gasteiger partial charge in [-0.05, 0) is 73.8 Å². The average molecular weight is 296 g/mol. The lowest BCUT2D eigenvalue weighted by molar-refractivity contribution is 0.0598. The van der Waals surface area contributed by atoms with Gasteiger partial charge in [0.15, 0.2) is 0 Å². The Labute approximate surface area is 134 Å². The highest BCUT2D eigenvalue weighted by molar-refractivity contribution is 5.40. The van der Waals surface area contributed by atoms with Crippen LogP contribution in [0.15, 0.2) is 18.2 Å². The molecule has 1 nitrogen and oxygen atoms in total. The lowest BCUT2D eigenvalue weighted by Crippen LogP contribution is -2.47. The summed E-state index contributed by atoms with van der Waals surface area (Å²) in [6.07, 6.45) is 9.13. The molecule has 118 valence electrons. The van der Waals surface area contributed by atoms with E-state index in [-0.39, 0.29) is 11.2 Å². The van der Waals surface area contributed by atoms with E-state index in [9.17, 15) is 0 Å². The summed E-state index contributed by atoms with van der Waals surface area (Å²) >= 11 is 0. The van der Waals surface area contributed by atoms with Crippen molar-refractivity contribution in [2.75, 3.05) is 0 Å². The number of rotatable bonds is 0. The lowest BCUT2D eigenvalue weighted by atomic mass is 9.57. The molecule has 0 radical (unpaired) electrons. The highest BCUT2D eigenvalue weighted by atomic mass is 16.6. The fraction of sp³-hybridized carbons (Fsp3) is 0.714. The SMILES string of the molecule is Cc1ccc2c(c1)CC13CCC4(C)C(C)CCC4C1(CC2)O3. The third kappa shape index (κ3) is 1.45. The van der Waals surface area contributed by atoms with Gasteiger partial charge < -0.3 is 4.74 Å². The van der Waals surface area contributed by atoms with Crippen molar-refractivity contribution in [2.24, 2.45) is 17.3 Å². The van der Waals surface area contributed by atoms with Gasteiger partial charge in [0, 0.05) is 6.42 Å². The quantitative estimate of drug-likeness (QED) is 0.624. The fourth-order valence-corrected chi connectivity index (χ4v) is 6.57. The van der Waals surface area contributed by atoms with Crippen molar-refractivity contribution >= 4 is 0 Å². The third-order valence-electron chi connectivity index (χ3n) is 8.15. The minimum Gasteiger partial charge on any atom is -0.362 e. The van der Waals surface area contributed by atoms with Crippen LogP contribution in [0.5, 0.6) is 0 Å². The van der Waals surface area contributed by atoms with Gasteiger partial charge >= 0.3 is 0 Å². The number of ether oxygens (including phenoxy) is 1. The molecule has 3 fully saturated rings. The number of aryl methyl sites for hydroxylation is 2. The van der Waals surface area contributed by atoms with E-state index >= 15 is 0 Å². The smallest absolute Gasteiger partial charge is 0.102 e. The van der Waals surface area contributed by atoms with Crippen LogP contribution in [0, 0.1) is 24.2 Å². The summed E-state index contributed by atoms with van der Waals surface area (Å²) in [5.74, 6) is 1.68. The number of hydrogen-bond acceptors (Lipinski definition) is 1. The first-order chi connectivity index (χ1) is 10.5. The molecule has 1 aromatic carbocycles. The van der Waals surface area contributed by atoms with Crippen molar-refractivity contribution in [3.05, 3.63) is 34.9 Å². The van der Waals surface area contributed by atoms with Crippen molar-refractivity contribution in [2.45, 2.75) is 76.9 Å². The zero-order valence-electron chi connectivity index (χ0n) is 14.2. The highest BCUT2D eigenvalue weighted by Crippen LogP contribution is 2.73. The van der Waals surface area contributed by atoms with Crippen LogP contribution in [-0.2, 0) is 17.6 Å². The molecule has 1 saturated heterocycles. The van der Waals surface area contributed by atoms with E-state index in [0.29, 0.717) is 5.41 Å². The molecule has 0 amide bonds. The van der Waals surface area contributed by atoms with E-state index in [1.54, 1.807) is 11.1 Å². The van der Waals surface area contributed by atoms with Crippen molar-refractivity contribution < 1.29 is 4.74 Å². The largest absolute Gasteiger partial charge is 0.362 e. The van der Waals surface area contributed by atoms with E-state index in [2.05, 4.69) is 39.0 Å². The monoisotopic (exact) mass is 296 g/mol. The second-order valence-electron chi connectivity index (χ2n) is 8.97. The number of fused-ring (bicyclic) bond motifs is 2. The summed E-state index contributed by atoms with van der Waals surface area (Å²) in [7, 11) is 0. The van der Waals surface area contributed by atoms with Gasteiger partial charge in [-0.15, -0.1) is 0 Å².